The molecule has 5 nitrogen and oxygen atoms in total. The number of carbonyl (C=O) groups excluding carboxylic acids is 2. The molecule has 0 bridgehead atoms. The van der Waals surface area contributed by atoms with Gasteiger partial charge in [0.1, 0.15) is 0 Å². The molecule has 1 saturated heterocycles. The average molecular weight is 251 g/mol. The number of amides is 2. The Labute approximate surface area is 107 Å². The summed E-state index contributed by atoms with van der Waals surface area (Å²) in [6.45, 7) is 3.07. The lowest BCUT2D eigenvalue weighted by Gasteiger charge is -2.24. The van der Waals surface area contributed by atoms with E-state index >= 15 is 0 Å². The van der Waals surface area contributed by atoms with Crippen molar-refractivity contribution >= 4 is 11.8 Å². The van der Waals surface area contributed by atoms with Crippen molar-refractivity contribution in [1.29, 1.82) is 0 Å². The summed E-state index contributed by atoms with van der Waals surface area (Å²) in [5.41, 5.74) is 5.31. The zero-order valence-electron chi connectivity index (χ0n) is 11.0. The minimum atomic E-state index is -0.450. The molecule has 2 amide bonds. The quantitative estimate of drug-likeness (QED) is 0.672. The number of likely N-dealkylation sites (tertiary alicyclic amines) is 1. The summed E-state index contributed by atoms with van der Waals surface area (Å²) in [4.78, 5) is 25.9. The Kier molecular flexibility index (Phi) is 3.43. The van der Waals surface area contributed by atoms with Crippen LogP contribution in [-0.4, -0.2) is 42.9 Å². The second-order valence-corrected chi connectivity index (χ2v) is 5.54. The fourth-order valence-electron chi connectivity index (χ4n) is 2.78. The minimum absolute atomic E-state index is 0.00752. The van der Waals surface area contributed by atoms with E-state index in [1.165, 1.54) is 0 Å². The van der Waals surface area contributed by atoms with Crippen LogP contribution in [0.3, 0.4) is 0 Å². The Hall–Kier alpha value is -1.36. The largest absolute Gasteiger partial charge is 0.359 e. The lowest BCUT2D eigenvalue weighted by atomic mass is 9.89. The van der Waals surface area contributed by atoms with Crippen LogP contribution in [0, 0.1) is 11.3 Å². The molecule has 18 heavy (non-hydrogen) atoms. The highest BCUT2D eigenvalue weighted by molar-refractivity contribution is 5.86. The minimum Gasteiger partial charge on any atom is -0.359 e. The highest BCUT2D eigenvalue weighted by Crippen LogP contribution is 2.32. The van der Waals surface area contributed by atoms with Crippen LogP contribution in [0.25, 0.3) is 0 Å². The maximum atomic E-state index is 12.3. The van der Waals surface area contributed by atoms with Crippen molar-refractivity contribution in [3.63, 3.8) is 0 Å². The van der Waals surface area contributed by atoms with E-state index < -0.39 is 5.41 Å². The fraction of sp³-hybridized carbons (Fsp3) is 0.692. The summed E-state index contributed by atoms with van der Waals surface area (Å²) in [5.74, 6) is 0.00957. The van der Waals surface area contributed by atoms with Crippen LogP contribution in [0.5, 0.6) is 0 Å². The monoisotopic (exact) mass is 251 g/mol. The molecule has 100 valence electrons. The molecule has 1 heterocycles. The number of nitrogens with one attached hydrogen (secondary N) is 1. The predicted octanol–water partition coefficient (Wildman–Crippen LogP) is -0.126. The maximum Gasteiger partial charge on any atom is 0.229 e. The molecule has 0 spiro atoms. The van der Waals surface area contributed by atoms with Gasteiger partial charge < -0.3 is 16.0 Å². The first kappa shape index (κ1) is 13.1. The van der Waals surface area contributed by atoms with Crippen molar-refractivity contribution in [2.45, 2.75) is 25.8 Å². The summed E-state index contributed by atoms with van der Waals surface area (Å²) < 4.78 is 0. The van der Waals surface area contributed by atoms with E-state index in [1.807, 2.05) is 19.1 Å². The van der Waals surface area contributed by atoms with E-state index in [9.17, 15) is 9.59 Å². The molecule has 0 saturated carbocycles. The van der Waals surface area contributed by atoms with Crippen molar-refractivity contribution in [1.82, 2.24) is 10.2 Å². The van der Waals surface area contributed by atoms with Crippen LogP contribution in [0.15, 0.2) is 12.2 Å². The average Bonchev–Trinajstić information content (AvgIpc) is 2.95. The molecule has 3 atom stereocenters. The topological polar surface area (TPSA) is 75.4 Å². The molecule has 1 aliphatic heterocycles. The van der Waals surface area contributed by atoms with Crippen LogP contribution < -0.4 is 11.1 Å². The van der Waals surface area contributed by atoms with Gasteiger partial charge in [-0.05, 0) is 19.8 Å². The van der Waals surface area contributed by atoms with Crippen molar-refractivity contribution in [3.8, 4) is 0 Å². The van der Waals surface area contributed by atoms with Crippen LogP contribution in [-0.2, 0) is 9.59 Å². The standard InChI is InChI=1S/C13H21N3O2/c1-13(12(18)15-2)5-6-16(8-13)11(17)9-3-4-10(14)7-9/h3-4,9-10H,5-8,14H2,1-2H3,(H,15,18). The number of nitrogens with two attached hydrogens (primary N) is 1. The Morgan fingerprint density at radius 3 is 2.72 bits per heavy atom. The van der Waals surface area contributed by atoms with Crippen LogP contribution in [0.4, 0.5) is 0 Å². The van der Waals surface area contributed by atoms with Crippen LogP contribution in [0.1, 0.15) is 19.8 Å². The van der Waals surface area contributed by atoms with Gasteiger partial charge in [-0.3, -0.25) is 9.59 Å². The fourth-order valence-corrected chi connectivity index (χ4v) is 2.78. The normalized spacial score (nSPS) is 34.9. The van der Waals surface area contributed by atoms with E-state index in [0.717, 1.165) is 6.42 Å². The Balaban J connectivity index is 1.99. The molecule has 1 fully saturated rings. The molecule has 5 heteroatoms. The van der Waals surface area contributed by atoms with Gasteiger partial charge in [-0.15, -0.1) is 0 Å². The van der Waals surface area contributed by atoms with Crippen molar-refractivity contribution < 1.29 is 9.59 Å². The van der Waals surface area contributed by atoms with Gasteiger partial charge in [-0.1, -0.05) is 12.2 Å². The Morgan fingerprint density at radius 1 is 1.44 bits per heavy atom. The van der Waals surface area contributed by atoms with Crippen molar-refractivity contribution in [2.24, 2.45) is 17.1 Å². The smallest absolute Gasteiger partial charge is 0.229 e. The van der Waals surface area contributed by atoms with E-state index in [2.05, 4.69) is 5.32 Å². The van der Waals surface area contributed by atoms with E-state index in [0.29, 0.717) is 19.5 Å². The zero-order valence-corrected chi connectivity index (χ0v) is 11.0. The third-order valence-corrected chi connectivity index (χ3v) is 3.99. The lowest BCUT2D eigenvalue weighted by Crippen LogP contribution is -2.41. The molecular formula is C13H21N3O2. The van der Waals surface area contributed by atoms with Crippen LogP contribution in [0.2, 0.25) is 0 Å². The first-order valence-electron chi connectivity index (χ1n) is 6.41. The van der Waals surface area contributed by atoms with Gasteiger partial charge in [0.15, 0.2) is 0 Å². The summed E-state index contributed by atoms with van der Waals surface area (Å²) in [7, 11) is 1.64. The predicted molar refractivity (Wildman–Crippen MR) is 68.6 cm³/mol. The van der Waals surface area contributed by atoms with Crippen LogP contribution >= 0.6 is 0 Å². The Bertz CT molecular complexity index is 394. The summed E-state index contributed by atoms with van der Waals surface area (Å²) in [6, 6.07) is -0.00752. The summed E-state index contributed by atoms with van der Waals surface area (Å²) >= 11 is 0. The zero-order chi connectivity index (χ0) is 13.3. The summed E-state index contributed by atoms with van der Waals surface area (Å²) in [5, 5.41) is 2.67. The van der Waals surface area contributed by atoms with Gasteiger partial charge in [0, 0.05) is 26.2 Å². The molecule has 0 aromatic rings. The summed E-state index contributed by atoms with van der Waals surface area (Å²) in [6.07, 6.45) is 5.19. The maximum absolute atomic E-state index is 12.3. The number of carbonyl (C=O) groups is 2. The SMILES string of the molecule is CNC(=O)C1(C)CCN(C(=O)C2C=CC(N)C2)C1. The van der Waals surface area contributed by atoms with Gasteiger partial charge in [0.2, 0.25) is 11.8 Å². The molecule has 2 rings (SSSR count). The van der Waals surface area contributed by atoms with Gasteiger partial charge >= 0.3 is 0 Å². The van der Waals surface area contributed by atoms with E-state index in [-0.39, 0.29) is 23.8 Å². The molecule has 0 radical (unpaired) electrons. The van der Waals surface area contributed by atoms with Gasteiger partial charge in [-0.25, -0.2) is 0 Å². The molecular weight excluding hydrogens is 230 g/mol. The molecule has 0 aromatic carbocycles. The lowest BCUT2D eigenvalue weighted by molar-refractivity contribution is -0.134. The molecule has 1 aliphatic carbocycles. The Morgan fingerprint density at radius 2 is 2.17 bits per heavy atom. The van der Waals surface area contributed by atoms with Gasteiger partial charge in [0.05, 0.1) is 11.3 Å². The third-order valence-electron chi connectivity index (χ3n) is 3.99. The number of rotatable bonds is 2. The van der Waals surface area contributed by atoms with E-state index in [4.69, 9.17) is 5.73 Å². The first-order valence-corrected chi connectivity index (χ1v) is 6.41. The first-order chi connectivity index (χ1) is 8.46. The number of hydrogen-bond donors (Lipinski definition) is 2. The molecule has 2 aliphatic rings. The second-order valence-electron chi connectivity index (χ2n) is 5.54. The molecule has 3 N–H and O–H groups in total. The van der Waals surface area contributed by atoms with Crippen molar-refractivity contribution in [2.75, 3.05) is 20.1 Å². The molecule has 3 unspecified atom stereocenters. The highest BCUT2D eigenvalue weighted by Gasteiger charge is 2.42. The number of hydrogen-bond acceptors (Lipinski definition) is 3. The third kappa shape index (κ3) is 2.27. The van der Waals surface area contributed by atoms with Gasteiger partial charge in [-0.2, -0.15) is 0 Å². The highest BCUT2D eigenvalue weighted by atomic mass is 16.2. The second kappa shape index (κ2) is 4.72. The van der Waals surface area contributed by atoms with Gasteiger partial charge in [0.25, 0.3) is 0 Å². The number of nitrogens with zero attached hydrogens (tertiary/aromatic N) is 1. The molecule has 0 aromatic heterocycles. The van der Waals surface area contributed by atoms with Crippen molar-refractivity contribution in [3.05, 3.63) is 12.2 Å². The van der Waals surface area contributed by atoms with E-state index in [1.54, 1.807) is 11.9 Å².